The van der Waals surface area contributed by atoms with E-state index in [1.54, 1.807) is 0 Å². The van der Waals surface area contributed by atoms with Gasteiger partial charge in [-0.3, -0.25) is 4.98 Å². The highest BCUT2D eigenvalue weighted by Crippen LogP contribution is 2.43. The SMILES string of the molecule is Cc1ccc(-c2cccc(-c3ccccc3C3CCC(c4ccccc4)CC3)c2)nc1. The number of rotatable bonds is 4. The molecule has 0 N–H and O–H groups in total. The van der Waals surface area contributed by atoms with Gasteiger partial charge in [0.05, 0.1) is 5.69 Å². The van der Waals surface area contributed by atoms with Gasteiger partial charge in [-0.2, -0.15) is 0 Å². The molecule has 1 nitrogen and oxygen atoms in total. The summed E-state index contributed by atoms with van der Waals surface area (Å²) in [6.07, 6.45) is 7.01. The first kappa shape index (κ1) is 19.8. The van der Waals surface area contributed by atoms with Gasteiger partial charge in [0.1, 0.15) is 0 Å². The van der Waals surface area contributed by atoms with E-state index in [9.17, 15) is 0 Å². The van der Waals surface area contributed by atoms with Crippen molar-refractivity contribution in [3.63, 3.8) is 0 Å². The molecular weight excluding hydrogens is 374 g/mol. The van der Waals surface area contributed by atoms with Crippen molar-refractivity contribution in [2.24, 2.45) is 0 Å². The van der Waals surface area contributed by atoms with Crippen molar-refractivity contribution in [2.75, 3.05) is 0 Å². The van der Waals surface area contributed by atoms with Crippen LogP contribution in [-0.4, -0.2) is 4.98 Å². The first-order valence-electron chi connectivity index (χ1n) is 11.5. The number of aryl methyl sites for hydroxylation is 1. The number of nitrogens with zero attached hydrogens (tertiary/aromatic N) is 1. The standard InChI is InChI=1S/C30H29N/c1-22-14-19-30(31-21-22)27-11-7-10-26(20-27)29-13-6-5-12-28(29)25-17-15-24(16-18-25)23-8-3-2-4-9-23/h2-14,19-21,24-25H,15-18H2,1H3. The average Bonchev–Trinajstić information content (AvgIpc) is 2.85. The monoisotopic (exact) mass is 403 g/mol. The molecule has 154 valence electrons. The minimum atomic E-state index is 0.636. The van der Waals surface area contributed by atoms with Crippen molar-refractivity contribution in [3.8, 4) is 22.4 Å². The molecule has 0 amide bonds. The third-order valence-electron chi connectivity index (χ3n) is 6.78. The van der Waals surface area contributed by atoms with E-state index in [2.05, 4.69) is 103 Å². The Bertz CT molecular complexity index is 1140. The Labute approximate surface area is 185 Å². The molecule has 0 saturated heterocycles. The molecule has 0 bridgehead atoms. The molecule has 0 radical (unpaired) electrons. The number of benzene rings is 3. The zero-order valence-corrected chi connectivity index (χ0v) is 18.2. The fraction of sp³-hybridized carbons (Fsp3) is 0.233. The van der Waals surface area contributed by atoms with Crippen LogP contribution >= 0.6 is 0 Å². The van der Waals surface area contributed by atoms with Crippen molar-refractivity contribution in [3.05, 3.63) is 114 Å². The van der Waals surface area contributed by atoms with Gasteiger partial charge in [0, 0.05) is 11.8 Å². The summed E-state index contributed by atoms with van der Waals surface area (Å²) in [6, 6.07) is 33.2. The summed E-state index contributed by atoms with van der Waals surface area (Å²) in [5.74, 6) is 1.35. The van der Waals surface area contributed by atoms with Crippen molar-refractivity contribution < 1.29 is 0 Å². The molecule has 4 aromatic rings. The minimum absolute atomic E-state index is 0.636. The van der Waals surface area contributed by atoms with Gasteiger partial charge < -0.3 is 0 Å². The summed E-state index contributed by atoms with van der Waals surface area (Å²) in [4.78, 5) is 4.63. The lowest BCUT2D eigenvalue weighted by atomic mass is 9.74. The molecule has 31 heavy (non-hydrogen) atoms. The van der Waals surface area contributed by atoms with E-state index < -0.39 is 0 Å². The molecule has 1 aliphatic carbocycles. The summed E-state index contributed by atoms with van der Waals surface area (Å²) >= 11 is 0. The van der Waals surface area contributed by atoms with Crippen LogP contribution in [0.2, 0.25) is 0 Å². The zero-order chi connectivity index (χ0) is 21.0. The molecule has 3 aromatic carbocycles. The Kier molecular flexibility index (Phi) is 5.67. The van der Waals surface area contributed by atoms with Gasteiger partial charge in [0.2, 0.25) is 0 Å². The van der Waals surface area contributed by atoms with Gasteiger partial charge in [-0.25, -0.2) is 0 Å². The molecule has 0 spiro atoms. The third kappa shape index (κ3) is 4.32. The van der Waals surface area contributed by atoms with Crippen molar-refractivity contribution in [2.45, 2.75) is 44.4 Å². The first-order chi connectivity index (χ1) is 15.3. The van der Waals surface area contributed by atoms with E-state index in [4.69, 9.17) is 0 Å². The zero-order valence-electron chi connectivity index (χ0n) is 18.2. The lowest BCUT2D eigenvalue weighted by Crippen LogP contribution is -2.12. The van der Waals surface area contributed by atoms with Gasteiger partial charge >= 0.3 is 0 Å². The van der Waals surface area contributed by atoms with Gasteiger partial charge in [0.25, 0.3) is 0 Å². The largest absolute Gasteiger partial charge is 0.256 e. The molecule has 0 aliphatic heterocycles. The third-order valence-corrected chi connectivity index (χ3v) is 6.78. The van der Waals surface area contributed by atoms with Crippen molar-refractivity contribution in [1.29, 1.82) is 0 Å². The lowest BCUT2D eigenvalue weighted by Gasteiger charge is -2.30. The van der Waals surface area contributed by atoms with E-state index in [0.717, 1.165) is 5.69 Å². The molecule has 0 unspecified atom stereocenters. The smallest absolute Gasteiger partial charge is 0.0702 e. The highest BCUT2D eigenvalue weighted by Gasteiger charge is 2.25. The van der Waals surface area contributed by atoms with Gasteiger partial charge in [-0.05, 0) is 84.4 Å². The second kappa shape index (κ2) is 8.89. The van der Waals surface area contributed by atoms with Crippen LogP contribution in [0.3, 0.4) is 0 Å². The highest BCUT2D eigenvalue weighted by atomic mass is 14.7. The number of pyridine rings is 1. The van der Waals surface area contributed by atoms with E-state index in [-0.39, 0.29) is 0 Å². The summed E-state index contributed by atoms with van der Waals surface area (Å²) in [6.45, 7) is 2.08. The normalized spacial score (nSPS) is 18.6. The maximum Gasteiger partial charge on any atom is 0.0702 e. The van der Waals surface area contributed by atoms with Crippen LogP contribution in [0.4, 0.5) is 0 Å². The number of hydrogen-bond acceptors (Lipinski definition) is 1. The average molecular weight is 404 g/mol. The van der Waals surface area contributed by atoms with Crippen LogP contribution in [0.5, 0.6) is 0 Å². The Morgan fingerprint density at radius 1 is 0.645 bits per heavy atom. The fourth-order valence-corrected chi connectivity index (χ4v) is 5.06. The van der Waals surface area contributed by atoms with Crippen LogP contribution in [0, 0.1) is 6.92 Å². The van der Waals surface area contributed by atoms with E-state index in [0.29, 0.717) is 11.8 Å². The highest BCUT2D eigenvalue weighted by molar-refractivity contribution is 5.74. The molecule has 0 atom stereocenters. The second-order valence-electron chi connectivity index (χ2n) is 8.85. The van der Waals surface area contributed by atoms with Crippen LogP contribution in [0.15, 0.2) is 97.2 Å². The maximum absolute atomic E-state index is 4.63. The summed E-state index contributed by atoms with van der Waals surface area (Å²) in [5.41, 5.74) is 9.08. The molecule has 1 aliphatic rings. The topological polar surface area (TPSA) is 12.9 Å². The molecule has 1 heteroatoms. The lowest BCUT2D eigenvalue weighted by molar-refractivity contribution is 0.397. The Hall–Kier alpha value is -3.19. The predicted octanol–water partition coefficient (Wildman–Crippen LogP) is 8.17. The number of aromatic nitrogens is 1. The minimum Gasteiger partial charge on any atom is -0.256 e. The molecule has 1 heterocycles. The van der Waals surface area contributed by atoms with Gasteiger partial charge in [-0.1, -0.05) is 78.9 Å². The Morgan fingerprint density at radius 2 is 1.35 bits per heavy atom. The van der Waals surface area contributed by atoms with Crippen LogP contribution in [0.1, 0.15) is 54.2 Å². The quantitative estimate of drug-likeness (QED) is 0.335. The second-order valence-corrected chi connectivity index (χ2v) is 8.85. The molecular formula is C30H29N. The Balaban J connectivity index is 1.40. The first-order valence-corrected chi connectivity index (χ1v) is 11.5. The van der Waals surface area contributed by atoms with Crippen LogP contribution in [-0.2, 0) is 0 Å². The molecule has 1 fully saturated rings. The number of hydrogen-bond donors (Lipinski definition) is 0. The molecule has 1 aromatic heterocycles. The van der Waals surface area contributed by atoms with Gasteiger partial charge in [-0.15, -0.1) is 0 Å². The van der Waals surface area contributed by atoms with Gasteiger partial charge in [0.15, 0.2) is 0 Å². The van der Waals surface area contributed by atoms with Crippen LogP contribution < -0.4 is 0 Å². The summed E-state index contributed by atoms with van der Waals surface area (Å²) < 4.78 is 0. The van der Waals surface area contributed by atoms with Crippen LogP contribution in [0.25, 0.3) is 22.4 Å². The van der Waals surface area contributed by atoms with Crippen molar-refractivity contribution >= 4 is 0 Å². The maximum atomic E-state index is 4.63. The van der Waals surface area contributed by atoms with Crippen molar-refractivity contribution in [1.82, 2.24) is 4.98 Å². The predicted molar refractivity (Wildman–Crippen MR) is 130 cm³/mol. The van der Waals surface area contributed by atoms with E-state index >= 15 is 0 Å². The summed E-state index contributed by atoms with van der Waals surface area (Å²) in [5, 5.41) is 0. The molecule has 1 saturated carbocycles. The summed E-state index contributed by atoms with van der Waals surface area (Å²) in [7, 11) is 0. The van der Waals surface area contributed by atoms with E-state index in [1.807, 2.05) is 6.20 Å². The Morgan fingerprint density at radius 3 is 2.13 bits per heavy atom. The van der Waals surface area contributed by atoms with E-state index in [1.165, 1.54) is 59.1 Å². The fourth-order valence-electron chi connectivity index (χ4n) is 5.06. The molecule has 5 rings (SSSR count).